The molecule has 1 heterocycles. The standard InChI is InChI=1S/C15H20N2O3.C2HF3O2/c18-14(10-12-7-4-8-16-12)17-13(15(19)20)9-11-5-2-1-3-6-11;3-2(4,5)1(6)7/h1-3,5-6,12-13,16H,4,7-10H2,(H,17,18)(H,19,20);(H,6,7)/t12?,13-;/m1./s1. The zero-order valence-electron chi connectivity index (χ0n) is 14.3. The Bertz CT molecular complexity index is 631. The molecule has 1 aromatic carbocycles. The summed E-state index contributed by atoms with van der Waals surface area (Å²) in [7, 11) is 0. The first-order valence-electron chi connectivity index (χ1n) is 8.19. The van der Waals surface area contributed by atoms with E-state index in [2.05, 4.69) is 10.6 Å². The van der Waals surface area contributed by atoms with E-state index in [0.29, 0.717) is 12.8 Å². The lowest BCUT2D eigenvalue weighted by atomic mass is 10.1. The number of rotatable bonds is 6. The van der Waals surface area contributed by atoms with E-state index in [9.17, 15) is 27.9 Å². The van der Waals surface area contributed by atoms with Gasteiger partial charge in [0.1, 0.15) is 6.04 Å². The van der Waals surface area contributed by atoms with Crippen molar-refractivity contribution in [3.63, 3.8) is 0 Å². The number of benzene rings is 1. The fourth-order valence-electron chi connectivity index (χ4n) is 2.46. The highest BCUT2D eigenvalue weighted by atomic mass is 19.4. The van der Waals surface area contributed by atoms with Crippen molar-refractivity contribution in [2.45, 2.75) is 43.9 Å². The van der Waals surface area contributed by atoms with E-state index in [1.807, 2.05) is 30.3 Å². The Hall–Kier alpha value is -2.62. The third-order valence-corrected chi connectivity index (χ3v) is 3.75. The molecule has 1 amide bonds. The summed E-state index contributed by atoms with van der Waals surface area (Å²) in [6, 6.07) is 8.63. The second-order valence-corrected chi connectivity index (χ2v) is 5.95. The van der Waals surface area contributed by atoms with Crippen LogP contribution in [0.15, 0.2) is 30.3 Å². The molecule has 150 valence electrons. The third kappa shape index (κ3) is 9.04. The highest BCUT2D eigenvalue weighted by Crippen LogP contribution is 2.13. The van der Waals surface area contributed by atoms with Crippen molar-refractivity contribution in [1.29, 1.82) is 0 Å². The zero-order valence-corrected chi connectivity index (χ0v) is 14.3. The van der Waals surface area contributed by atoms with E-state index in [1.165, 1.54) is 0 Å². The molecule has 1 unspecified atom stereocenters. The first-order chi connectivity index (χ1) is 12.6. The molecule has 1 aliphatic rings. The average Bonchev–Trinajstić information content (AvgIpc) is 3.07. The van der Waals surface area contributed by atoms with Crippen molar-refractivity contribution < 1.29 is 37.8 Å². The van der Waals surface area contributed by atoms with Gasteiger partial charge in [0.2, 0.25) is 5.91 Å². The van der Waals surface area contributed by atoms with Crippen LogP contribution >= 0.6 is 0 Å². The van der Waals surface area contributed by atoms with Gasteiger partial charge in [-0.15, -0.1) is 0 Å². The molecule has 0 radical (unpaired) electrons. The Morgan fingerprint density at radius 2 is 1.78 bits per heavy atom. The highest BCUT2D eigenvalue weighted by Gasteiger charge is 2.38. The van der Waals surface area contributed by atoms with E-state index in [-0.39, 0.29) is 11.9 Å². The Labute approximate surface area is 153 Å². The van der Waals surface area contributed by atoms with Crippen molar-refractivity contribution in [2.75, 3.05) is 6.54 Å². The quantitative estimate of drug-likeness (QED) is 0.586. The van der Waals surface area contributed by atoms with Gasteiger partial charge in [0.15, 0.2) is 0 Å². The molecule has 7 nitrogen and oxygen atoms in total. The molecule has 0 spiro atoms. The summed E-state index contributed by atoms with van der Waals surface area (Å²) in [6.07, 6.45) is -2.38. The summed E-state index contributed by atoms with van der Waals surface area (Å²) >= 11 is 0. The van der Waals surface area contributed by atoms with E-state index < -0.39 is 24.2 Å². The minimum atomic E-state index is -5.08. The number of nitrogens with one attached hydrogen (secondary N) is 2. The largest absolute Gasteiger partial charge is 0.490 e. The van der Waals surface area contributed by atoms with Gasteiger partial charge >= 0.3 is 18.1 Å². The molecule has 1 aliphatic heterocycles. The van der Waals surface area contributed by atoms with Crippen LogP contribution in [0.3, 0.4) is 0 Å². The van der Waals surface area contributed by atoms with Crippen molar-refractivity contribution in [1.82, 2.24) is 10.6 Å². The molecular weight excluding hydrogens is 369 g/mol. The maximum atomic E-state index is 11.9. The molecule has 0 aliphatic carbocycles. The van der Waals surface area contributed by atoms with Crippen molar-refractivity contribution in [3.8, 4) is 0 Å². The van der Waals surface area contributed by atoms with Crippen LogP contribution in [0, 0.1) is 0 Å². The van der Waals surface area contributed by atoms with Gasteiger partial charge in [-0.25, -0.2) is 9.59 Å². The molecule has 2 rings (SSSR count). The van der Waals surface area contributed by atoms with Gasteiger partial charge in [-0.3, -0.25) is 4.79 Å². The van der Waals surface area contributed by atoms with Gasteiger partial charge in [0.25, 0.3) is 0 Å². The van der Waals surface area contributed by atoms with Gasteiger partial charge in [-0.2, -0.15) is 13.2 Å². The molecule has 4 N–H and O–H groups in total. The second kappa shape index (κ2) is 10.5. The third-order valence-electron chi connectivity index (χ3n) is 3.75. The summed E-state index contributed by atoms with van der Waals surface area (Å²) in [4.78, 5) is 32.0. The van der Waals surface area contributed by atoms with Crippen molar-refractivity contribution in [2.24, 2.45) is 0 Å². The van der Waals surface area contributed by atoms with Crippen molar-refractivity contribution in [3.05, 3.63) is 35.9 Å². The zero-order chi connectivity index (χ0) is 20.4. The van der Waals surface area contributed by atoms with E-state index >= 15 is 0 Å². The molecule has 0 aromatic heterocycles. The first-order valence-corrected chi connectivity index (χ1v) is 8.19. The number of carbonyl (C=O) groups excluding carboxylic acids is 1. The summed E-state index contributed by atoms with van der Waals surface area (Å²) in [5.41, 5.74) is 0.902. The SMILES string of the molecule is O=C(CC1CCCN1)N[C@H](Cc1ccccc1)C(=O)O.O=C(O)C(F)(F)F. The van der Waals surface area contributed by atoms with Crippen LogP contribution in [0.1, 0.15) is 24.8 Å². The van der Waals surface area contributed by atoms with Crippen LogP contribution < -0.4 is 10.6 Å². The predicted molar refractivity (Wildman–Crippen MR) is 89.0 cm³/mol. The normalized spacial score (nSPS) is 17.4. The van der Waals surface area contributed by atoms with Crippen LogP contribution in [0.5, 0.6) is 0 Å². The molecule has 1 aromatic rings. The number of carbonyl (C=O) groups is 3. The summed E-state index contributed by atoms with van der Waals surface area (Å²) in [5, 5.41) is 22.2. The van der Waals surface area contributed by atoms with E-state index in [1.54, 1.807) is 0 Å². The van der Waals surface area contributed by atoms with Crippen LogP contribution in [-0.2, 0) is 20.8 Å². The van der Waals surface area contributed by atoms with Crippen LogP contribution in [0.4, 0.5) is 13.2 Å². The number of halogens is 3. The predicted octanol–water partition coefficient (Wildman–Crippen LogP) is 1.57. The number of aliphatic carboxylic acids is 2. The molecule has 1 fully saturated rings. The lowest BCUT2D eigenvalue weighted by molar-refractivity contribution is -0.192. The summed E-state index contributed by atoms with van der Waals surface area (Å²) in [5.74, 6) is -3.96. The number of hydrogen-bond donors (Lipinski definition) is 4. The summed E-state index contributed by atoms with van der Waals surface area (Å²) in [6.45, 7) is 0.935. The Morgan fingerprint density at radius 3 is 2.22 bits per heavy atom. The molecular formula is C17H21F3N2O5. The average molecular weight is 390 g/mol. The first kappa shape index (κ1) is 22.4. The number of carboxylic acids is 2. The Morgan fingerprint density at radius 1 is 1.19 bits per heavy atom. The monoisotopic (exact) mass is 390 g/mol. The highest BCUT2D eigenvalue weighted by molar-refractivity contribution is 5.84. The maximum absolute atomic E-state index is 11.9. The van der Waals surface area contributed by atoms with Gasteiger partial charge in [-0.1, -0.05) is 30.3 Å². The second-order valence-electron chi connectivity index (χ2n) is 5.95. The van der Waals surface area contributed by atoms with Gasteiger partial charge in [0.05, 0.1) is 0 Å². The Balaban J connectivity index is 0.000000445. The molecule has 27 heavy (non-hydrogen) atoms. The fraction of sp³-hybridized carbons (Fsp3) is 0.471. The van der Waals surface area contributed by atoms with Crippen LogP contribution in [-0.4, -0.2) is 52.9 Å². The number of alkyl halides is 3. The number of carboxylic acid groups (broad SMARTS) is 2. The molecule has 10 heteroatoms. The minimum absolute atomic E-state index is 0.182. The molecule has 1 saturated heterocycles. The fourth-order valence-corrected chi connectivity index (χ4v) is 2.46. The van der Waals surface area contributed by atoms with Crippen molar-refractivity contribution >= 4 is 17.8 Å². The van der Waals surface area contributed by atoms with E-state index in [4.69, 9.17) is 9.90 Å². The molecule has 2 atom stereocenters. The smallest absolute Gasteiger partial charge is 0.480 e. The van der Waals surface area contributed by atoms with Gasteiger partial charge in [0, 0.05) is 18.9 Å². The Kier molecular flexibility index (Phi) is 8.73. The van der Waals surface area contributed by atoms with Crippen LogP contribution in [0.25, 0.3) is 0 Å². The van der Waals surface area contributed by atoms with Gasteiger partial charge < -0.3 is 20.8 Å². The lowest BCUT2D eigenvalue weighted by Crippen LogP contribution is -2.44. The number of hydrogen-bond acceptors (Lipinski definition) is 4. The minimum Gasteiger partial charge on any atom is -0.480 e. The van der Waals surface area contributed by atoms with Crippen LogP contribution in [0.2, 0.25) is 0 Å². The lowest BCUT2D eigenvalue weighted by Gasteiger charge is -2.16. The van der Waals surface area contributed by atoms with Gasteiger partial charge in [-0.05, 0) is 24.9 Å². The molecule has 0 saturated carbocycles. The molecule has 0 bridgehead atoms. The number of amides is 1. The maximum Gasteiger partial charge on any atom is 0.490 e. The van der Waals surface area contributed by atoms with E-state index in [0.717, 1.165) is 24.9 Å². The summed E-state index contributed by atoms with van der Waals surface area (Å²) < 4.78 is 31.7. The topological polar surface area (TPSA) is 116 Å².